The third-order valence-corrected chi connectivity index (χ3v) is 4.89. The molecule has 0 aromatic heterocycles. The lowest BCUT2D eigenvalue weighted by molar-refractivity contribution is 0.146. The Hall–Kier alpha value is -0.0400. The molecular formula is C19H38O. The first-order valence-electron chi connectivity index (χ1n) is 8.99. The van der Waals surface area contributed by atoms with Gasteiger partial charge in [-0.2, -0.15) is 0 Å². The summed E-state index contributed by atoms with van der Waals surface area (Å²) in [5.41, 5.74) is 1.18. The van der Waals surface area contributed by atoms with Crippen molar-refractivity contribution in [1.82, 2.24) is 0 Å². The van der Waals surface area contributed by atoms with E-state index in [0.717, 1.165) is 12.8 Å². The van der Waals surface area contributed by atoms with Gasteiger partial charge in [-0.15, -0.1) is 0 Å². The second kappa shape index (κ2) is 8.41. The SMILES string of the molecule is CC(C)(C)CCCCCC(O)CCCCCC1(C)CC1. The summed E-state index contributed by atoms with van der Waals surface area (Å²) in [6.07, 6.45) is 15.3. The van der Waals surface area contributed by atoms with Gasteiger partial charge in [0, 0.05) is 0 Å². The predicted molar refractivity (Wildman–Crippen MR) is 89.0 cm³/mol. The van der Waals surface area contributed by atoms with Gasteiger partial charge >= 0.3 is 0 Å². The van der Waals surface area contributed by atoms with E-state index < -0.39 is 0 Å². The summed E-state index contributed by atoms with van der Waals surface area (Å²) in [4.78, 5) is 0. The summed E-state index contributed by atoms with van der Waals surface area (Å²) in [5, 5.41) is 9.98. The monoisotopic (exact) mass is 282 g/mol. The summed E-state index contributed by atoms with van der Waals surface area (Å²) in [6, 6.07) is 0. The summed E-state index contributed by atoms with van der Waals surface area (Å²) in [7, 11) is 0. The van der Waals surface area contributed by atoms with Gasteiger partial charge in [0.2, 0.25) is 0 Å². The van der Waals surface area contributed by atoms with E-state index in [1.54, 1.807) is 0 Å². The Labute approximate surface area is 127 Å². The van der Waals surface area contributed by atoms with Crippen LogP contribution in [0.25, 0.3) is 0 Å². The van der Waals surface area contributed by atoms with Gasteiger partial charge in [-0.25, -0.2) is 0 Å². The van der Waals surface area contributed by atoms with Crippen LogP contribution in [0.15, 0.2) is 0 Å². The van der Waals surface area contributed by atoms with Gasteiger partial charge in [0.1, 0.15) is 0 Å². The van der Waals surface area contributed by atoms with Gasteiger partial charge in [0.25, 0.3) is 0 Å². The normalized spacial score (nSPS) is 19.1. The van der Waals surface area contributed by atoms with Gasteiger partial charge in [0.05, 0.1) is 6.10 Å². The molecule has 0 aromatic rings. The minimum absolute atomic E-state index is 0.0406. The number of rotatable bonds is 11. The Morgan fingerprint density at radius 1 is 0.900 bits per heavy atom. The van der Waals surface area contributed by atoms with Gasteiger partial charge < -0.3 is 5.11 Å². The van der Waals surface area contributed by atoms with Crippen molar-refractivity contribution >= 4 is 0 Å². The van der Waals surface area contributed by atoms with E-state index in [9.17, 15) is 5.11 Å². The first-order valence-corrected chi connectivity index (χ1v) is 8.99. The van der Waals surface area contributed by atoms with Crippen molar-refractivity contribution in [2.24, 2.45) is 10.8 Å². The molecule has 20 heavy (non-hydrogen) atoms. The number of aliphatic hydroxyl groups is 1. The lowest BCUT2D eigenvalue weighted by Gasteiger charge is -2.17. The van der Waals surface area contributed by atoms with E-state index in [2.05, 4.69) is 27.7 Å². The van der Waals surface area contributed by atoms with E-state index in [1.165, 1.54) is 64.2 Å². The molecule has 1 unspecified atom stereocenters. The average molecular weight is 283 g/mol. The maximum Gasteiger partial charge on any atom is 0.0540 e. The standard InChI is InChI=1S/C19H38O/c1-18(2,3)13-9-5-7-11-17(20)12-8-6-10-14-19(4)15-16-19/h17,20H,5-16H2,1-4H3. The van der Waals surface area contributed by atoms with E-state index in [-0.39, 0.29) is 6.10 Å². The molecule has 0 heterocycles. The molecule has 1 N–H and O–H groups in total. The summed E-state index contributed by atoms with van der Waals surface area (Å²) < 4.78 is 0. The van der Waals surface area contributed by atoms with Gasteiger partial charge in [-0.1, -0.05) is 66.2 Å². The number of unbranched alkanes of at least 4 members (excludes halogenated alkanes) is 4. The zero-order valence-corrected chi connectivity index (χ0v) is 14.5. The molecule has 0 bridgehead atoms. The number of aliphatic hydroxyl groups excluding tert-OH is 1. The van der Waals surface area contributed by atoms with Crippen LogP contribution in [0.4, 0.5) is 0 Å². The van der Waals surface area contributed by atoms with Crippen molar-refractivity contribution in [1.29, 1.82) is 0 Å². The molecule has 0 aliphatic heterocycles. The summed E-state index contributed by atoms with van der Waals surface area (Å²) in [5.74, 6) is 0. The van der Waals surface area contributed by atoms with E-state index in [4.69, 9.17) is 0 Å². The highest BCUT2D eigenvalue weighted by Crippen LogP contribution is 2.49. The smallest absolute Gasteiger partial charge is 0.0540 e. The molecular weight excluding hydrogens is 244 g/mol. The topological polar surface area (TPSA) is 20.2 Å². The molecule has 1 rings (SSSR count). The molecule has 1 fully saturated rings. The van der Waals surface area contributed by atoms with Crippen molar-refractivity contribution in [2.45, 2.75) is 111 Å². The molecule has 0 amide bonds. The minimum atomic E-state index is -0.0406. The second-order valence-corrected chi connectivity index (χ2v) is 8.72. The maximum atomic E-state index is 9.98. The van der Waals surface area contributed by atoms with Crippen LogP contribution < -0.4 is 0 Å². The van der Waals surface area contributed by atoms with E-state index >= 15 is 0 Å². The van der Waals surface area contributed by atoms with Crippen molar-refractivity contribution in [3.63, 3.8) is 0 Å². The van der Waals surface area contributed by atoms with Crippen LogP contribution in [0.5, 0.6) is 0 Å². The number of hydrogen-bond donors (Lipinski definition) is 1. The molecule has 1 nitrogen and oxygen atoms in total. The third kappa shape index (κ3) is 9.80. The molecule has 1 heteroatoms. The quantitative estimate of drug-likeness (QED) is 0.454. The first kappa shape index (κ1) is 18.0. The zero-order valence-electron chi connectivity index (χ0n) is 14.5. The Morgan fingerprint density at radius 2 is 1.45 bits per heavy atom. The van der Waals surface area contributed by atoms with E-state index in [1.807, 2.05) is 0 Å². The van der Waals surface area contributed by atoms with Crippen LogP contribution in [0.3, 0.4) is 0 Å². The van der Waals surface area contributed by atoms with Gasteiger partial charge in [0.15, 0.2) is 0 Å². The number of hydrogen-bond acceptors (Lipinski definition) is 1. The second-order valence-electron chi connectivity index (χ2n) is 8.72. The highest BCUT2D eigenvalue weighted by atomic mass is 16.3. The van der Waals surface area contributed by atoms with Gasteiger partial charge in [-0.05, 0) is 49.4 Å². The van der Waals surface area contributed by atoms with Crippen molar-refractivity contribution in [3.8, 4) is 0 Å². The van der Waals surface area contributed by atoms with Crippen molar-refractivity contribution in [3.05, 3.63) is 0 Å². The third-order valence-electron chi connectivity index (χ3n) is 4.89. The van der Waals surface area contributed by atoms with Crippen LogP contribution in [-0.4, -0.2) is 11.2 Å². The molecule has 1 saturated carbocycles. The summed E-state index contributed by atoms with van der Waals surface area (Å²) in [6.45, 7) is 9.34. The predicted octanol–water partition coefficient (Wildman–Crippen LogP) is 6.09. The lowest BCUT2D eigenvalue weighted by Crippen LogP contribution is -2.07. The van der Waals surface area contributed by atoms with Crippen LogP contribution in [0, 0.1) is 10.8 Å². The van der Waals surface area contributed by atoms with Crippen LogP contribution in [0.2, 0.25) is 0 Å². The maximum absolute atomic E-state index is 9.98. The lowest BCUT2D eigenvalue weighted by atomic mass is 9.89. The molecule has 0 aromatic carbocycles. The minimum Gasteiger partial charge on any atom is -0.393 e. The highest BCUT2D eigenvalue weighted by Gasteiger charge is 2.35. The molecule has 0 saturated heterocycles. The fraction of sp³-hybridized carbons (Fsp3) is 1.00. The molecule has 120 valence electrons. The summed E-state index contributed by atoms with van der Waals surface area (Å²) >= 11 is 0. The fourth-order valence-electron chi connectivity index (χ4n) is 2.93. The Bertz CT molecular complexity index is 232. The van der Waals surface area contributed by atoms with Crippen LogP contribution >= 0.6 is 0 Å². The van der Waals surface area contributed by atoms with E-state index in [0.29, 0.717) is 10.8 Å². The van der Waals surface area contributed by atoms with Crippen molar-refractivity contribution in [2.75, 3.05) is 0 Å². The molecule has 1 aliphatic carbocycles. The zero-order chi connectivity index (χ0) is 15.1. The highest BCUT2D eigenvalue weighted by molar-refractivity contribution is 4.87. The molecule has 1 atom stereocenters. The Morgan fingerprint density at radius 3 is 1.95 bits per heavy atom. The largest absolute Gasteiger partial charge is 0.393 e. The van der Waals surface area contributed by atoms with Crippen LogP contribution in [-0.2, 0) is 0 Å². The van der Waals surface area contributed by atoms with Gasteiger partial charge in [-0.3, -0.25) is 0 Å². The molecule has 0 spiro atoms. The van der Waals surface area contributed by atoms with Crippen LogP contribution in [0.1, 0.15) is 105 Å². The Balaban J connectivity index is 1.83. The van der Waals surface area contributed by atoms with Crippen molar-refractivity contribution < 1.29 is 5.11 Å². The first-order chi connectivity index (χ1) is 9.31. The molecule has 0 radical (unpaired) electrons. The average Bonchev–Trinajstić information content (AvgIpc) is 3.05. The fourth-order valence-corrected chi connectivity index (χ4v) is 2.93. The molecule has 1 aliphatic rings. The Kier molecular flexibility index (Phi) is 7.58.